The van der Waals surface area contributed by atoms with Crippen molar-refractivity contribution in [2.24, 2.45) is 0 Å². The summed E-state index contributed by atoms with van der Waals surface area (Å²) in [5, 5.41) is 2.14. The van der Waals surface area contributed by atoms with Crippen LogP contribution >= 0.6 is 23.2 Å². The fraction of sp³-hybridized carbons (Fsp3) is 0.136. The van der Waals surface area contributed by atoms with Crippen LogP contribution in [0.15, 0.2) is 36.8 Å². The predicted molar refractivity (Wildman–Crippen MR) is 117 cm³/mol. The Bertz CT molecular complexity index is 1420. The monoisotopic (exact) mass is 443 g/mol. The minimum absolute atomic E-state index is 0.314. The number of methoxy groups -OCH3 is 1. The van der Waals surface area contributed by atoms with Gasteiger partial charge in [-0.2, -0.15) is 0 Å². The zero-order valence-electron chi connectivity index (χ0n) is 15.7. The van der Waals surface area contributed by atoms with Gasteiger partial charge >= 0.3 is 5.97 Å². The lowest BCUT2D eigenvalue weighted by Crippen LogP contribution is -2.34. The summed E-state index contributed by atoms with van der Waals surface area (Å²) in [4.78, 5) is 21.9. The third-order valence-corrected chi connectivity index (χ3v) is 5.98. The largest absolute Gasteiger partial charge is 0.464 e. The van der Waals surface area contributed by atoms with Crippen molar-refractivity contribution in [2.45, 2.75) is 11.5 Å². The first-order valence-electron chi connectivity index (χ1n) is 9.24. The number of alkyl halides is 2. The lowest BCUT2D eigenvalue weighted by Gasteiger charge is -2.10. The van der Waals surface area contributed by atoms with Crippen LogP contribution in [-0.2, 0) is 4.74 Å². The third-order valence-electron chi connectivity index (χ3n) is 5.38. The van der Waals surface area contributed by atoms with Crippen LogP contribution in [0.4, 0.5) is 4.39 Å². The van der Waals surface area contributed by atoms with Gasteiger partial charge in [0.2, 0.25) is 0 Å². The van der Waals surface area contributed by atoms with Crippen molar-refractivity contribution < 1.29 is 13.9 Å². The molecule has 152 valence electrons. The summed E-state index contributed by atoms with van der Waals surface area (Å²) in [7, 11) is 1.33. The van der Waals surface area contributed by atoms with Crippen LogP contribution in [0.3, 0.4) is 0 Å². The van der Waals surface area contributed by atoms with Crippen LogP contribution in [0.25, 0.3) is 45.3 Å². The average Bonchev–Trinajstić information content (AvgIpc) is 3.43. The molecule has 8 heteroatoms. The normalized spacial score (nSPS) is 18.0. The molecule has 3 heterocycles. The molecule has 0 bridgehead atoms. The van der Waals surface area contributed by atoms with Crippen LogP contribution in [0, 0.1) is 0 Å². The number of carbonyl (C=O) groups excluding carboxylic acids is 1. The Morgan fingerprint density at radius 2 is 1.83 bits per heavy atom. The Morgan fingerprint density at radius 1 is 1.07 bits per heavy atom. The molecule has 0 fully saturated rings. The minimum atomic E-state index is -1.27. The Kier molecular flexibility index (Phi) is 4.49. The van der Waals surface area contributed by atoms with E-state index in [0.717, 1.165) is 32.8 Å². The van der Waals surface area contributed by atoms with Gasteiger partial charge in [-0.3, -0.25) is 0 Å². The number of aromatic amines is 3. The van der Waals surface area contributed by atoms with E-state index in [2.05, 4.69) is 15.0 Å². The smallest absolute Gasteiger partial charge is 0.355 e. The van der Waals surface area contributed by atoms with Gasteiger partial charge < -0.3 is 19.7 Å². The molecule has 1 aliphatic carbocycles. The molecule has 0 radical (unpaired) electrons. The number of esters is 1. The predicted octanol–water partition coefficient (Wildman–Crippen LogP) is 4.12. The minimum Gasteiger partial charge on any atom is -0.464 e. The number of H-pyrrole nitrogens is 3. The quantitative estimate of drug-likeness (QED) is 0.329. The average molecular weight is 444 g/mol. The molecule has 5 rings (SSSR count). The van der Waals surface area contributed by atoms with Gasteiger partial charge in [0.05, 0.1) is 12.5 Å². The van der Waals surface area contributed by atoms with Crippen molar-refractivity contribution in [3.05, 3.63) is 58.1 Å². The summed E-state index contributed by atoms with van der Waals surface area (Å²) in [5.74, 6) is -0.494. The van der Waals surface area contributed by atoms with Crippen LogP contribution in [0.1, 0.15) is 10.5 Å². The zero-order chi connectivity index (χ0) is 21.0. The highest BCUT2D eigenvalue weighted by Crippen LogP contribution is 2.39. The van der Waals surface area contributed by atoms with Crippen molar-refractivity contribution in [3.8, 4) is 22.3 Å². The Balaban J connectivity index is 1.82. The van der Waals surface area contributed by atoms with Gasteiger partial charge in [-0.25, -0.2) is 9.18 Å². The molecule has 2 unspecified atom stereocenters. The van der Waals surface area contributed by atoms with Gasteiger partial charge in [-0.1, -0.05) is 17.7 Å². The molecule has 0 saturated heterocycles. The van der Waals surface area contributed by atoms with Gasteiger partial charge in [0.25, 0.3) is 0 Å². The zero-order valence-corrected chi connectivity index (χ0v) is 17.2. The summed E-state index contributed by atoms with van der Waals surface area (Å²) in [5.41, 5.74) is 4.23. The summed E-state index contributed by atoms with van der Waals surface area (Å²) >= 11 is 12.4. The number of benzene rings is 1. The second-order valence-corrected chi connectivity index (χ2v) is 8.03. The van der Waals surface area contributed by atoms with Crippen molar-refractivity contribution in [2.75, 3.05) is 7.11 Å². The summed E-state index contributed by atoms with van der Waals surface area (Å²) in [6.45, 7) is 0. The number of nitrogens with one attached hydrogen (secondary N) is 3. The van der Waals surface area contributed by atoms with Crippen LogP contribution in [0.2, 0.25) is 5.02 Å². The lowest BCUT2D eigenvalue weighted by atomic mass is 9.96. The first kappa shape index (κ1) is 19.0. The number of rotatable bonds is 3. The van der Waals surface area contributed by atoms with Gasteiger partial charge in [0.15, 0.2) is 0 Å². The Morgan fingerprint density at radius 3 is 2.63 bits per heavy atom. The first-order chi connectivity index (χ1) is 14.5. The lowest BCUT2D eigenvalue weighted by molar-refractivity contribution is 0.0596. The van der Waals surface area contributed by atoms with E-state index in [4.69, 9.17) is 27.9 Å². The van der Waals surface area contributed by atoms with Crippen molar-refractivity contribution in [1.29, 1.82) is 0 Å². The highest BCUT2D eigenvalue weighted by atomic mass is 35.5. The van der Waals surface area contributed by atoms with Gasteiger partial charge in [-0.05, 0) is 24.3 Å². The second-order valence-electron chi connectivity index (χ2n) is 7.09. The summed E-state index contributed by atoms with van der Waals surface area (Å²) < 4.78 is 19.0. The number of carbonyl (C=O) groups is 1. The molecule has 1 aliphatic rings. The van der Waals surface area contributed by atoms with E-state index in [1.165, 1.54) is 13.2 Å². The third kappa shape index (κ3) is 2.87. The fourth-order valence-electron chi connectivity index (χ4n) is 3.97. The van der Waals surface area contributed by atoms with Crippen LogP contribution < -0.4 is 10.6 Å². The molecule has 0 aliphatic heterocycles. The molecule has 0 saturated carbocycles. The number of aromatic nitrogens is 3. The van der Waals surface area contributed by atoms with Crippen LogP contribution in [-0.4, -0.2) is 39.6 Å². The van der Waals surface area contributed by atoms with E-state index in [-0.39, 0.29) is 0 Å². The fourth-order valence-corrected chi connectivity index (χ4v) is 4.34. The molecular weight excluding hydrogens is 428 g/mol. The highest BCUT2D eigenvalue weighted by Gasteiger charge is 2.25. The molecule has 0 spiro atoms. The summed E-state index contributed by atoms with van der Waals surface area (Å²) in [6.07, 6.45) is 7.25. The molecule has 2 atom stereocenters. The molecule has 3 aromatic heterocycles. The van der Waals surface area contributed by atoms with Crippen LogP contribution in [0.5, 0.6) is 0 Å². The summed E-state index contributed by atoms with van der Waals surface area (Å²) in [6, 6.07) is 5.52. The number of hydrogen-bond donors (Lipinski definition) is 3. The van der Waals surface area contributed by atoms with Gasteiger partial charge in [0, 0.05) is 67.3 Å². The van der Waals surface area contributed by atoms with Crippen molar-refractivity contribution in [1.82, 2.24) is 15.0 Å². The van der Waals surface area contributed by atoms with E-state index >= 15 is 0 Å². The molecule has 5 nitrogen and oxygen atoms in total. The standard InChI is InChI=1S/C22H16Cl2FN3O2/c1-30-22(29)21-20(14-8-26-18-3-2-10(23)4-11(14)18)15(9-28-21)13-7-27-19-6-17(25)16(24)5-12(13)19/h2-9,16-17,26-28H,1H3. The second kappa shape index (κ2) is 7.07. The van der Waals surface area contributed by atoms with E-state index in [0.29, 0.717) is 21.6 Å². The van der Waals surface area contributed by atoms with Crippen molar-refractivity contribution in [3.63, 3.8) is 0 Å². The van der Waals surface area contributed by atoms with E-state index in [9.17, 15) is 9.18 Å². The Labute approximate surface area is 180 Å². The van der Waals surface area contributed by atoms with E-state index in [1.807, 2.05) is 18.3 Å². The SMILES string of the molecule is COC(=O)c1[nH]cc(-c2c[nH]c3c2=CC(Cl)C(F)C=3)c1-c1c[nH]c2ccc(Cl)cc12. The number of halogens is 3. The molecule has 4 aromatic rings. The molecule has 1 aromatic carbocycles. The maximum atomic E-state index is 14.0. The molecule has 30 heavy (non-hydrogen) atoms. The van der Waals surface area contributed by atoms with E-state index in [1.54, 1.807) is 24.5 Å². The number of fused-ring (bicyclic) bond motifs is 2. The topological polar surface area (TPSA) is 73.7 Å². The molecule has 0 amide bonds. The maximum Gasteiger partial charge on any atom is 0.355 e. The molecular formula is C22H16Cl2FN3O2. The Hall–Kier alpha value is -2.96. The number of ether oxygens (including phenoxy) is 1. The molecule has 3 N–H and O–H groups in total. The van der Waals surface area contributed by atoms with Crippen molar-refractivity contribution >= 4 is 52.2 Å². The van der Waals surface area contributed by atoms with Gasteiger partial charge in [-0.15, -0.1) is 11.6 Å². The first-order valence-corrected chi connectivity index (χ1v) is 10.1. The highest BCUT2D eigenvalue weighted by molar-refractivity contribution is 6.31. The number of hydrogen-bond acceptors (Lipinski definition) is 2. The van der Waals surface area contributed by atoms with Gasteiger partial charge in [0.1, 0.15) is 11.9 Å². The maximum absolute atomic E-state index is 14.0. The van der Waals surface area contributed by atoms with E-state index < -0.39 is 17.5 Å².